The van der Waals surface area contributed by atoms with Gasteiger partial charge in [0.1, 0.15) is 12.2 Å². The molecule has 5 rings (SSSR count). The second-order valence-electron chi connectivity index (χ2n) is 9.45. The minimum Gasteiger partial charge on any atom is -0.504 e. The van der Waals surface area contributed by atoms with E-state index in [4.69, 9.17) is 23.7 Å². The van der Waals surface area contributed by atoms with Crippen LogP contribution in [0.2, 0.25) is 0 Å². The third kappa shape index (κ3) is 4.63. The van der Waals surface area contributed by atoms with E-state index in [1.807, 2.05) is 24.3 Å². The van der Waals surface area contributed by atoms with Gasteiger partial charge in [-0.05, 0) is 53.1 Å². The van der Waals surface area contributed by atoms with E-state index in [-0.39, 0.29) is 25.6 Å². The van der Waals surface area contributed by atoms with Crippen molar-refractivity contribution in [1.29, 1.82) is 0 Å². The molecule has 0 aromatic heterocycles. The summed E-state index contributed by atoms with van der Waals surface area (Å²) in [7, 11) is 4.57. The maximum atomic E-state index is 10.4. The summed E-state index contributed by atoms with van der Waals surface area (Å²) < 4.78 is 29.3. The van der Waals surface area contributed by atoms with E-state index in [1.54, 1.807) is 38.5 Å². The molecular weight excluding hydrogens is 504 g/mol. The van der Waals surface area contributed by atoms with Gasteiger partial charge in [-0.15, -0.1) is 0 Å². The molecule has 2 aliphatic rings. The maximum Gasteiger partial charge on any atom is 0.165 e. The van der Waals surface area contributed by atoms with Gasteiger partial charge < -0.3 is 44.1 Å². The number of aliphatic hydroxyl groups excluding tert-OH is 3. The predicted molar refractivity (Wildman–Crippen MR) is 143 cm³/mol. The van der Waals surface area contributed by atoms with Gasteiger partial charge in [-0.25, -0.2) is 0 Å². The van der Waals surface area contributed by atoms with Crippen molar-refractivity contribution in [2.24, 2.45) is 0 Å². The molecule has 9 nitrogen and oxygen atoms in total. The van der Waals surface area contributed by atoms with Crippen molar-refractivity contribution >= 4 is 6.08 Å². The van der Waals surface area contributed by atoms with Gasteiger partial charge >= 0.3 is 0 Å². The molecule has 2 aliphatic heterocycles. The number of hydrogen-bond donors (Lipinski definition) is 4. The number of phenolic OH excluding ortho intramolecular Hbond substituents is 1. The van der Waals surface area contributed by atoms with Gasteiger partial charge in [-0.1, -0.05) is 18.2 Å². The molecule has 0 fully saturated rings. The highest BCUT2D eigenvalue weighted by atomic mass is 16.5. The third-order valence-electron chi connectivity index (χ3n) is 7.34. The SMILES string of the molecule is COc1cc([C@H]2Oc3c(OC)cc([C@H]4Oc5c(OC)cc(/C=C/CO)cc5[C@@H]4CO)cc3[C@@H]2CO)ccc1O. The van der Waals surface area contributed by atoms with Gasteiger partial charge in [0.15, 0.2) is 34.5 Å². The highest BCUT2D eigenvalue weighted by Gasteiger charge is 2.42. The first-order valence-electron chi connectivity index (χ1n) is 12.6. The minimum absolute atomic E-state index is 0.00982. The highest BCUT2D eigenvalue weighted by Crippen LogP contribution is 2.55. The molecule has 0 amide bonds. The zero-order valence-corrected chi connectivity index (χ0v) is 22.0. The number of fused-ring (bicyclic) bond motifs is 2. The Morgan fingerprint density at radius 1 is 0.718 bits per heavy atom. The average Bonchev–Trinajstić information content (AvgIpc) is 3.53. The number of rotatable bonds is 9. The smallest absolute Gasteiger partial charge is 0.165 e. The molecule has 4 N–H and O–H groups in total. The Balaban J connectivity index is 1.55. The summed E-state index contributed by atoms with van der Waals surface area (Å²) in [5.74, 6) is 1.56. The second kappa shape index (κ2) is 11.1. The molecule has 4 atom stereocenters. The second-order valence-corrected chi connectivity index (χ2v) is 9.45. The maximum absolute atomic E-state index is 10.4. The van der Waals surface area contributed by atoms with E-state index in [0.717, 1.165) is 27.8 Å². The van der Waals surface area contributed by atoms with Gasteiger partial charge in [0.05, 0.1) is 53.0 Å². The van der Waals surface area contributed by atoms with E-state index < -0.39 is 24.0 Å². The fourth-order valence-electron chi connectivity index (χ4n) is 5.45. The number of phenols is 1. The van der Waals surface area contributed by atoms with Crippen LogP contribution in [0.4, 0.5) is 0 Å². The quantitative estimate of drug-likeness (QED) is 0.323. The van der Waals surface area contributed by atoms with E-state index in [1.165, 1.54) is 13.2 Å². The number of methoxy groups -OCH3 is 3. The number of hydrogen-bond acceptors (Lipinski definition) is 9. The number of aromatic hydroxyl groups is 1. The molecule has 0 saturated heterocycles. The summed E-state index contributed by atoms with van der Waals surface area (Å²) in [4.78, 5) is 0. The highest BCUT2D eigenvalue weighted by molar-refractivity contribution is 5.63. The van der Waals surface area contributed by atoms with Crippen molar-refractivity contribution in [1.82, 2.24) is 0 Å². The molecule has 3 aromatic rings. The molecule has 0 radical (unpaired) electrons. The lowest BCUT2D eigenvalue weighted by molar-refractivity contribution is 0.156. The zero-order valence-electron chi connectivity index (χ0n) is 22.0. The lowest BCUT2D eigenvalue weighted by Crippen LogP contribution is -2.15. The van der Waals surface area contributed by atoms with Crippen LogP contribution < -0.4 is 23.7 Å². The fourth-order valence-corrected chi connectivity index (χ4v) is 5.45. The van der Waals surface area contributed by atoms with Gasteiger partial charge in [0, 0.05) is 11.1 Å². The summed E-state index contributed by atoms with van der Waals surface area (Å²) in [6.07, 6.45) is 2.32. The molecule has 206 valence electrons. The Kier molecular flexibility index (Phi) is 7.56. The summed E-state index contributed by atoms with van der Waals surface area (Å²) >= 11 is 0. The van der Waals surface area contributed by atoms with E-state index in [0.29, 0.717) is 28.7 Å². The van der Waals surface area contributed by atoms with Gasteiger partial charge in [0.25, 0.3) is 0 Å². The molecule has 39 heavy (non-hydrogen) atoms. The van der Waals surface area contributed by atoms with Crippen molar-refractivity contribution in [3.63, 3.8) is 0 Å². The molecule has 0 aliphatic carbocycles. The van der Waals surface area contributed by atoms with Crippen LogP contribution in [0.5, 0.6) is 34.5 Å². The van der Waals surface area contributed by atoms with Crippen LogP contribution in [0.15, 0.2) is 48.5 Å². The standard InChI is InChI=1S/C30H32O9/c1-35-24-12-17(6-7-23(24)34)27-22(15-33)20-11-18(13-26(37-3)30(20)38-27)28-21(14-32)19-9-16(5-4-8-31)10-25(36-2)29(19)39-28/h4-7,9-13,21-22,27-28,31-34H,8,14-15H2,1-3H3/b5-4+/t21-,22-,27+,28+/m0/s1. The van der Waals surface area contributed by atoms with E-state index in [9.17, 15) is 20.4 Å². The largest absolute Gasteiger partial charge is 0.504 e. The average molecular weight is 537 g/mol. The first-order valence-corrected chi connectivity index (χ1v) is 12.6. The lowest BCUT2D eigenvalue weighted by atomic mass is 9.86. The van der Waals surface area contributed by atoms with Gasteiger partial charge in [0.2, 0.25) is 0 Å². The minimum atomic E-state index is -0.553. The van der Waals surface area contributed by atoms with Crippen LogP contribution in [0, 0.1) is 0 Å². The van der Waals surface area contributed by atoms with E-state index >= 15 is 0 Å². The molecule has 0 unspecified atom stereocenters. The Bertz CT molecular complexity index is 1380. The normalized spacial score (nSPS) is 21.3. The van der Waals surface area contributed by atoms with Crippen LogP contribution in [0.25, 0.3) is 6.08 Å². The summed E-state index contributed by atoms with van der Waals surface area (Å²) in [6.45, 7) is -0.469. The van der Waals surface area contributed by atoms with Crippen LogP contribution in [0.3, 0.4) is 0 Å². The van der Waals surface area contributed by atoms with Crippen molar-refractivity contribution in [3.8, 4) is 34.5 Å². The van der Waals surface area contributed by atoms with Crippen LogP contribution in [-0.4, -0.2) is 61.6 Å². The molecule has 3 aromatic carbocycles. The first-order chi connectivity index (χ1) is 19.0. The van der Waals surface area contributed by atoms with Crippen molar-refractivity contribution in [2.45, 2.75) is 24.0 Å². The summed E-state index contributed by atoms with van der Waals surface area (Å²) in [6, 6.07) is 12.4. The molecule has 0 bridgehead atoms. The molecule has 0 spiro atoms. The first kappa shape index (κ1) is 26.7. The summed E-state index contributed by atoms with van der Waals surface area (Å²) in [5.41, 5.74) is 3.84. The Hall–Kier alpha value is -3.92. The number of benzene rings is 3. The molecule has 9 heteroatoms. The zero-order chi connectivity index (χ0) is 27.7. The van der Waals surface area contributed by atoms with Gasteiger partial charge in [-0.3, -0.25) is 0 Å². The molecular formula is C30H32O9. The van der Waals surface area contributed by atoms with Crippen molar-refractivity contribution in [3.05, 3.63) is 76.4 Å². The Morgan fingerprint density at radius 2 is 1.28 bits per heavy atom. The molecule has 0 saturated carbocycles. The molecule has 2 heterocycles. The lowest BCUT2D eigenvalue weighted by Gasteiger charge is -2.20. The van der Waals surface area contributed by atoms with Crippen LogP contribution in [-0.2, 0) is 0 Å². The van der Waals surface area contributed by atoms with E-state index in [2.05, 4.69) is 0 Å². The Morgan fingerprint density at radius 3 is 1.87 bits per heavy atom. The Labute approximate surface area is 226 Å². The number of ether oxygens (including phenoxy) is 5. The number of aliphatic hydroxyl groups is 3. The van der Waals surface area contributed by atoms with Crippen LogP contribution in [0.1, 0.15) is 51.9 Å². The van der Waals surface area contributed by atoms with Crippen LogP contribution >= 0.6 is 0 Å². The van der Waals surface area contributed by atoms with Crippen molar-refractivity contribution in [2.75, 3.05) is 41.2 Å². The summed E-state index contributed by atoms with van der Waals surface area (Å²) in [5, 5.41) is 40.1. The third-order valence-corrected chi connectivity index (χ3v) is 7.34. The van der Waals surface area contributed by atoms with Gasteiger partial charge in [-0.2, -0.15) is 0 Å². The monoisotopic (exact) mass is 536 g/mol. The topological polar surface area (TPSA) is 127 Å². The predicted octanol–water partition coefficient (Wildman–Crippen LogP) is 3.84. The fraction of sp³-hybridized carbons (Fsp3) is 0.333. The van der Waals surface area contributed by atoms with Crippen molar-refractivity contribution < 1.29 is 44.1 Å².